The van der Waals surface area contributed by atoms with Crippen LogP contribution in [-0.2, 0) is 4.79 Å². The molecule has 1 aliphatic heterocycles. The molecule has 2 N–H and O–H groups in total. The van der Waals surface area contributed by atoms with Crippen molar-refractivity contribution >= 4 is 23.0 Å². The average Bonchev–Trinajstić information content (AvgIpc) is 2.93. The van der Waals surface area contributed by atoms with E-state index in [1.807, 2.05) is 19.1 Å². The molecule has 0 atom stereocenters. The van der Waals surface area contributed by atoms with Crippen LogP contribution in [0.3, 0.4) is 0 Å². The lowest BCUT2D eigenvalue weighted by Crippen LogP contribution is -2.46. The van der Waals surface area contributed by atoms with Crippen LogP contribution in [0.15, 0.2) is 60.8 Å². The quantitative estimate of drug-likeness (QED) is 0.253. The molecule has 2 aromatic carbocycles. The summed E-state index contributed by atoms with van der Waals surface area (Å²) in [5.74, 6) is 0.704. The molecule has 2 fully saturated rings. The number of aromatic nitrogens is 1. The number of nitrogens with one attached hydrogen (secondary N) is 2. The minimum Gasteiger partial charge on any atom is -0.490 e. The molecule has 1 amide bonds. The Labute approximate surface area is 231 Å². The van der Waals surface area contributed by atoms with Gasteiger partial charge < -0.3 is 20.3 Å². The first kappa shape index (κ1) is 28.6. The van der Waals surface area contributed by atoms with E-state index in [-0.39, 0.29) is 5.82 Å². The van der Waals surface area contributed by atoms with Gasteiger partial charge in [0, 0.05) is 55.1 Å². The summed E-state index contributed by atoms with van der Waals surface area (Å²) in [5, 5.41) is 6.65. The molecule has 3 aromatic rings. The van der Waals surface area contributed by atoms with Crippen molar-refractivity contribution in [3.8, 4) is 5.75 Å². The predicted molar refractivity (Wildman–Crippen MR) is 156 cm³/mol. The maximum absolute atomic E-state index is 13.8. The molecule has 0 spiro atoms. The van der Waals surface area contributed by atoms with Crippen LogP contribution >= 0.6 is 0 Å². The van der Waals surface area contributed by atoms with Crippen LogP contribution < -0.4 is 15.4 Å². The van der Waals surface area contributed by atoms with Crippen LogP contribution in [0.25, 0.3) is 16.6 Å². The number of amides is 1. The number of hydrogen-bond acceptors (Lipinski definition) is 5. The molecule has 0 bridgehead atoms. The Balaban J connectivity index is 0.000000183. The van der Waals surface area contributed by atoms with Crippen molar-refractivity contribution in [1.82, 2.24) is 20.5 Å². The average molecular weight is 533 g/mol. The molecule has 39 heavy (non-hydrogen) atoms. The number of aryl methyl sites for hydroxylation is 1. The first-order chi connectivity index (χ1) is 19.1. The smallest absolute Gasteiger partial charge is 0.207 e. The van der Waals surface area contributed by atoms with E-state index in [4.69, 9.17) is 4.74 Å². The Morgan fingerprint density at radius 3 is 2.51 bits per heavy atom. The highest BCUT2D eigenvalue weighted by atomic mass is 19.1. The highest BCUT2D eigenvalue weighted by Crippen LogP contribution is 2.29. The van der Waals surface area contributed by atoms with Crippen molar-refractivity contribution in [3.63, 3.8) is 0 Å². The molecular weight excluding hydrogens is 491 g/mol. The number of nitrogens with zero attached hydrogens (tertiary/aromatic N) is 2. The lowest BCUT2D eigenvalue weighted by atomic mass is 9.90. The first-order valence-electron chi connectivity index (χ1n) is 14.2. The number of fused-ring (bicyclic) bond motifs is 1. The summed E-state index contributed by atoms with van der Waals surface area (Å²) >= 11 is 0. The van der Waals surface area contributed by atoms with Crippen LogP contribution in [0.5, 0.6) is 5.75 Å². The fourth-order valence-corrected chi connectivity index (χ4v) is 5.10. The Kier molecular flexibility index (Phi) is 10.7. The molecule has 1 saturated carbocycles. The third-order valence-corrected chi connectivity index (χ3v) is 7.48. The lowest BCUT2D eigenvalue weighted by molar-refractivity contribution is -0.109. The summed E-state index contributed by atoms with van der Waals surface area (Å²) in [7, 11) is 0. The Morgan fingerprint density at radius 2 is 1.85 bits per heavy atom. The molecule has 2 aliphatic rings. The van der Waals surface area contributed by atoms with Crippen molar-refractivity contribution < 1.29 is 13.9 Å². The highest BCUT2D eigenvalue weighted by molar-refractivity contribution is 5.91. The van der Waals surface area contributed by atoms with Gasteiger partial charge in [-0.05, 0) is 69.4 Å². The largest absolute Gasteiger partial charge is 0.490 e. The Morgan fingerprint density at radius 1 is 1.08 bits per heavy atom. The Hall–Kier alpha value is -3.45. The van der Waals surface area contributed by atoms with Crippen LogP contribution in [0.2, 0.25) is 0 Å². The second kappa shape index (κ2) is 14.6. The van der Waals surface area contributed by atoms with Gasteiger partial charge >= 0.3 is 0 Å². The van der Waals surface area contributed by atoms with Gasteiger partial charge in [-0.25, -0.2) is 4.39 Å². The zero-order chi connectivity index (χ0) is 27.5. The SMILES string of the molecule is CC/C=C(/NCCNC=O)c1ccc(F)c2ncccc12.Cc1ccc(OC2CCN(C3CCC3)CC2)cc1. The summed E-state index contributed by atoms with van der Waals surface area (Å²) in [4.78, 5) is 17.0. The fourth-order valence-electron chi connectivity index (χ4n) is 5.10. The van der Waals surface area contributed by atoms with Gasteiger partial charge in [0.25, 0.3) is 0 Å². The van der Waals surface area contributed by atoms with Gasteiger partial charge in [0.2, 0.25) is 6.41 Å². The summed E-state index contributed by atoms with van der Waals surface area (Å²) in [5.41, 5.74) is 3.49. The van der Waals surface area contributed by atoms with Gasteiger partial charge in [0.15, 0.2) is 0 Å². The number of benzene rings is 2. The maximum Gasteiger partial charge on any atom is 0.207 e. The number of piperidine rings is 1. The third-order valence-electron chi connectivity index (χ3n) is 7.48. The summed E-state index contributed by atoms with van der Waals surface area (Å²) in [6.07, 6.45) is 12.2. The van der Waals surface area contributed by atoms with Crippen molar-refractivity contribution in [2.75, 3.05) is 26.2 Å². The van der Waals surface area contributed by atoms with E-state index in [1.54, 1.807) is 18.3 Å². The van der Waals surface area contributed by atoms with Gasteiger partial charge in [-0.2, -0.15) is 0 Å². The van der Waals surface area contributed by atoms with Crippen molar-refractivity contribution in [1.29, 1.82) is 0 Å². The molecule has 0 unspecified atom stereocenters. The van der Waals surface area contributed by atoms with Gasteiger partial charge in [0.05, 0.1) is 0 Å². The number of allylic oxidation sites excluding steroid dienone is 1. The minimum atomic E-state index is -0.326. The molecule has 7 heteroatoms. The van der Waals surface area contributed by atoms with Crippen molar-refractivity contribution in [2.24, 2.45) is 0 Å². The van der Waals surface area contributed by atoms with E-state index < -0.39 is 0 Å². The molecule has 5 rings (SSSR count). The van der Waals surface area contributed by atoms with Crippen LogP contribution in [0.4, 0.5) is 4.39 Å². The van der Waals surface area contributed by atoms with E-state index in [0.717, 1.165) is 34.9 Å². The molecule has 0 radical (unpaired) electrons. The van der Waals surface area contributed by atoms with E-state index >= 15 is 0 Å². The topological polar surface area (TPSA) is 66.5 Å². The normalized spacial score (nSPS) is 16.6. The molecule has 6 nitrogen and oxygen atoms in total. The van der Waals surface area contributed by atoms with E-state index in [9.17, 15) is 9.18 Å². The zero-order valence-electron chi connectivity index (χ0n) is 23.2. The highest BCUT2D eigenvalue weighted by Gasteiger charge is 2.29. The monoisotopic (exact) mass is 532 g/mol. The fraction of sp³-hybridized carbons (Fsp3) is 0.438. The van der Waals surface area contributed by atoms with Crippen LogP contribution in [0.1, 0.15) is 56.6 Å². The number of pyridine rings is 1. The summed E-state index contributed by atoms with van der Waals surface area (Å²) < 4.78 is 19.9. The number of carbonyl (C=O) groups is 1. The zero-order valence-corrected chi connectivity index (χ0v) is 23.2. The standard InChI is InChI=1S/C16H18FN3O.C16H23NO/c1-2-4-15(19-10-9-18-11-21)12-6-7-14(17)16-13(12)5-3-8-20-16;1-13-5-7-15(8-6-13)18-16-9-11-17(12-10-16)14-3-2-4-14/h3-8,11,19H,2,9-10H2,1H3,(H,18,21);5-8,14,16H,2-4,9-12H2,1H3/b15-4+;. The molecular formula is C32H41FN4O2. The lowest BCUT2D eigenvalue weighted by Gasteiger charge is -2.41. The van der Waals surface area contributed by atoms with Gasteiger partial charge in [-0.15, -0.1) is 0 Å². The van der Waals surface area contributed by atoms with Gasteiger partial charge in [0.1, 0.15) is 23.2 Å². The molecule has 1 saturated heterocycles. The van der Waals surface area contributed by atoms with Crippen LogP contribution in [-0.4, -0.2) is 54.6 Å². The number of carbonyl (C=O) groups excluding carboxylic acids is 1. The van der Waals surface area contributed by atoms with Crippen molar-refractivity contribution in [2.45, 2.75) is 64.5 Å². The van der Waals surface area contributed by atoms with E-state index in [2.05, 4.69) is 51.7 Å². The molecule has 208 valence electrons. The summed E-state index contributed by atoms with van der Waals surface area (Å²) in [6.45, 7) is 7.73. The number of rotatable bonds is 10. The van der Waals surface area contributed by atoms with E-state index in [0.29, 0.717) is 31.1 Å². The van der Waals surface area contributed by atoms with Gasteiger partial charge in [-0.1, -0.05) is 43.2 Å². The molecule has 2 heterocycles. The van der Waals surface area contributed by atoms with Crippen LogP contribution in [0, 0.1) is 12.7 Å². The third kappa shape index (κ3) is 8.02. The number of halogens is 1. The van der Waals surface area contributed by atoms with E-state index in [1.165, 1.54) is 56.8 Å². The maximum atomic E-state index is 13.8. The second-order valence-electron chi connectivity index (χ2n) is 10.3. The minimum absolute atomic E-state index is 0.326. The number of ether oxygens (including phenoxy) is 1. The van der Waals surface area contributed by atoms with Gasteiger partial charge in [-0.3, -0.25) is 9.78 Å². The van der Waals surface area contributed by atoms with Crippen molar-refractivity contribution in [3.05, 3.63) is 77.7 Å². The Bertz CT molecular complexity index is 1220. The summed E-state index contributed by atoms with van der Waals surface area (Å²) in [6, 6.07) is 16.2. The number of hydrogen-bond donors (Lipinski definition) is 2. The first-order valence-corrected chi connectivity index (χ1v) is 14.2. The molecule has 1 aromatic heterocycles. The second-order valence-corrected chi connectivity index (χ2v) is 10.3. The predicted octanol–water partition coefficient (Wildman–Crippen LogP) is 5.85. The number of likely N-dealkylation sites (tertiary alicyclic amines) is 1. The molecule has 1 aliphatic carbocycles.